The van der Waals surface area contributed by atoms with Crippen LogP contribution >= 0.6 is 0 Å². The minimum atomic E-state index is -4.57. The van der Waals surface area contributed by atoms with Gasteiger partial charge in [-0.15, -0.1) is 0 Å². The van der Waals surface area contributed by atoms with Crippen molar-refractivity contribution in [2.75, 3.05) is 6.61 Å². The standard InChI is InChI=1S/C8H6F4N2O2/c9-6-3-13-2-1-5(6)7(15)14-16-4-8(10,11)12/h1-3H,4H2,(H,14,15). The first-order valence-electron chi connectivity index (χ1n) is 3.98. The highest BCUT2D eigenvalue weighted by Gasteiger charge is 2.28. The molecule has 0 spiro atoms. The Kier molecular flexibility index (Phi) is 3.78. The van der Waals surface area contributed by atoms with Gasteiger partial charge in [-0.3, -0.25) is 14.6 Å². The molecule has 1 heterocycles. The molecule has 0 atom stereocenters. The summed E-state index contributed by atoms with van der Waals surface area (Å²) in [7, 11) is 0. The first-order chi connectivity index (χ1) is 7.40. The molecule has 0 aromatic carbocycles. The van der Waals surface area contributed by atoms with Crippen LogP contribution in [0.2, 0.25) is 0 Å². The van der Waals surface area contributed by atoms with E-state index in [1.165, 1.54) is 5.48 Å². The van der Waals surface area contributed by atoms with E-state index in [2.05, 4.69) is 9.82 Å². The van der Waals surface area contributed by atoms with Gasteiger partial charge in [-0.1, -0.05) is 0 Å². The molecule has 88 valence electrons. The van der Waals surface area contributed by atoms with E-state index in [0.29, 0.717) is 0 Å². The lowest BCUT2D eigenvalue weighted by Crippen LogP contribution is -2.30. The topological polar surface area (TPSA) is 51.2 Å². The molecule has 1 aromatic rings. The van der Waals surface area contributed by atoms with Crippen molar-refractivity contribution in [1.82, 2.24) is 10.5 Å². The quantitative estimate of drug-likeness (QED) is 0.640. The molecule has 1 N–H and O–H groups in total. The number of hydrogen-bond donors (Lipinski definition) is 1. The number of hydroxylamine groups is 1. The second kappa shape index (κ2) is 4.88. The highest BCUT2D eigenvalue weighted by Crippen LogP contribution is 2.13. The molecule has 1 aromatic heterocycles. The summed E-state index contributed by atoms with van der Waals surface area (Å²) < 4.78 is 47.8. The number of amides is 1. The van der Waals surface area contributed by atoms with E-state index in [1.54, 1.807) is 0 Å². The average Bonchev–Trinajstić information content (AvgIpc) is 2.16. The third kappa shape index (κ3) is 3.81. The average molecular weight is 238 g/mol. The molecule has 4 nitrogen and oxygen atoms in total. The van der Waals surface area contributed by atoms with E-state index in [9.17, 15) is 22.4 Å². The monoisotopic (exact) mass is 238 g/mol. The van der Waals surface area contributed by atoms with E-state index >= 15 is 0 Å². The van der Waals surface area contributed by atoms with Crippen molar-refractivity contribution in [3.63, 3.8) is 0 Å². The Labute approximate surface area is 87.2 Å². The summed E-state index contributed by atoms with van der Waals surface area (Å²) in [4.78, 5) is 18.3. The summed E-state index contributed by atoms with van der Waals surface area (Å²) in [5.74, 6) is -2.06. The van der Waals surface area contributed by atoms with Gasteiger partial charge in [0, 0.05) is 6.20 Å². The zero-order chi connectivity index (χ0) is 12.2. The highest BCUT2D eigenvalue weighted by molar-refractivity contribution is 5.93. The molecule has 0 aliphatic rings. The number of carbonyl (C=O) groups is 1. The zero-order valence-electron chi connectivity index (χ0n) is 7.71. The minimum absolute atomic E-state index is 0.447. The second-order valence-electron chi connectivity index (χ2n) is 2.69. The predicted molar refractivity (Wildman–Crippen MR) is 43.7 cm³/mol. The normalized spacial score (nSPS) is 11.2. The van der Waals surface area contributed by atoms with Gasteiger partial charge in [0.1, 0.15) is 0 Å². The van der Waals surface area contributed by atoms with Crippen molar-refractivity contribution < 1.29 is 27.2 Å². The molecule has 0 radical (unpaired) electrons. The summed E-state index contributed by atoms with van der Waals surface area (Å²) in [6, 6.07) is 1.02. The SMILES string of the molecule is O=C(NOCC(F)(F)F)c1ccncc1F. The molecule has 0 aliphatic heterocycles. The molecule has 0 bridgehead atoms. The largest absolute Gasteiger partial charge is 0.414 e. The zero-order valence-corrected chi connectivity index (χ0v) is 7.71. The maximum atomic E-state index is 12.9. The summed E-state index contributed by atoms with van der Waals surface area (Å²) in [6.07, 6.45) is -2.68. The van der Waals surface area contributed by atoms with Crippen LogP contribution in [0.25, 0.3) is 0 Å². The summed E-state index contributed by atoms with van der Waals surface area (Å²) in [6.45, 7) is -1.65. The number of nitrogens with one attached hydrogen (secondary N) is 1. The predicted octanol–water partition coefficient (Wildman–Crippen LogP) is 1.44. The highest BCUT2D eigenvalue weighted by atomic mass is 19.4. The van der Waals surface area contributed by atoms with Gasteiger partial charge in [-0.05, 0) is 6.07 Å². The van der Waals surface area contributed by atoms with Crippen LogP contribution in [-0.4, -0.2) is 23.7 Å². The summed E-state index contributed by atoms with van der Waals surface area (Å²) >= 11 is 0. The van der Waals surface area contributed by atoms with Gasteiger partial charge in [-0.25, -0.2) is 9.87 Å². The van der Waals surface area contributed by atoms with Gasteiger partial charge in [0.15, 0.2) is 12.4 Å². The third-order valence-electron chi connectivity index (χ3n) is 1.42. The van der Waals surface area contributed by atoms with Crippen LogP contribution in [0.1, 0.15) is 10.4 Å². The van der Waals surface area contributed by atoms with E-state index in [0.717, 1.165) is 18.5 Å². The van der Waals surface area contributed by atoms with Crippen LogP contribution in [0.15, 0.2) is 18.5 Å². The smallest absolute Gasteiger partial charge is 0.267 e. The molecule has 8 heteroatoms. The fraction of sp³-hybridized carbons (Fsp3) is 0.250. The number of pyridine rings is 1. The number of nitrogens with zero attached hydrogens (tertiary/aromatic N) is 1. The molecule has 1 amide bonds. The fourth-order valence-electron chi connectivity index (χ4n) is 0.798. The molecular weight excluding hydrogens is 232 g/mol. The van der Waals surface area contributed by atoms with Gasteiger partial charge >= 0.3 is 6.18 Å². The Morgan fingerprint density at radius 2 is 2.19 bits per heavy atom. The van der Waals surface area contributed by atoms with Crippen LogP contribution in [0, 0.1) is 5.82 Å². The van der Waals surface area contributed by atoms with Crippen LogP contribution in [-0.2, 0) is 4.84 Å². The van der Waals surface area contributed by atoms with Crippen LogP contribution in [0.5, 0.6) is 0 Å². The lowest BCUT2D eigenvalue weighted by molar-refractivity contribution is -0.184. The van der Waals surface area contributed by atoms with Crippen LogP contribution in [0.3, 0.4) is 0 Å². The Bertz CT molecular complexity index is 381. The Morgan fingerprint density at radius 3 is 2.75 bits per heavy atom. The molecule has 0 fully saturated rings. The Hall–Kier alpha value is -1.70. The molecule has 16 heavy (non-hydrogen) atoms. The molecule has 0 aliphatic carbocycles. The molecule has 0 saturated heterocycles. The van der Waals surface area contributed by atoms with Gasteiger partial charge < -0.3 is 0 Å². The van der Waals surface area contributed by atoms with Crippen molar-refractivity contribution in [3.05, 3.63) is 29.8 Å². The second-order valence-corrected chi connectivity index (χ2v) is 2.69. The van der Waals surface area contributed by atoms with Crippen molar-refractivity contribution in [3.8, 4) is 0 Å². The first-order valence-corrected chi connectivity index (χ1v) is 3.98. The molecule has 1 rings (SSSR count). The van der Waals surface area contributed by atoms with E-state index in [4.69, 9.17) is 0 Å². The van der Waals surface area contributed by atoms with Gasteiger partial charge in [0.25, 0.3) is 5.91 Å². The lowest BCUT2D eigenvalue weighted by Gasteiger charge is -2.08. The number of hydrogen-bond acceptors (Lipinski definition) is 3. The van der Waals surface area contributed by atoms with Crippen LogP contribution < -0.4 is 5.48 Å². The number of carbonyl (C=O) groups excluding carboxylic acids is 1. The maximum absolute atomic E-state index is 12.9. The van der Waals surface area contributed by atoms with Crippen molar-refractivity contribution >= 4 is 5.91 Å². The summed E-state index contributed by atoms with van der Waals surface area (Å²) in [5.41, 5.74) is 1.02. The minimum Gasteiger partial charge on any atom is -0.267 e. The Balaban J connectivity index is 2.51. The molecule has 0 unspecified atom stereocenters. The number of rotatable bonds is 3. The van der Waals surface area contributed by atoms with Crippen molar-refractivity contribution in [1.29, 1.82) is 0 Å². The van der Waals surface area contributed by atoms with Gasteiger partial charge in [0.2, 0.25) is 0 Å². The summed E-state index contributed by atoms with van der Waals surface area (Å²) in [5, 5.41) is 0. The first kappa shape index (κ1) is 12.4. The fourth-order valence-corrected chi connectivity index (χ4v) is 0.798. The van der Waals surface area contributed by atoms with E-state index in [1.807, 2.05) is 0 Å². The van der Waals surface area contributed by atoms with E-state index < -0.39 is 30.1 Å². The van der Waals surface area contributed by atoms with Crippen molar-refractivity contribution in [2.24, 2.45) is 0 Å². The maximum Gasteiger partial charge on any atom is 0.414 e. The molecule has 0 saturated carbocycles. The lowest BCUT2D eigenvalue weighted by atomic mass is 10.2. The van der Waals surface area contributed by atoms with Crippen molar-refractivity contribution in [2.45, 2.75) is 6.18 Å². The number of halogens is 4. The number of alkyl halides is 3. The van der Waals surface area contributed by atoms with Gasteiger partial charge in [-0.2, -0.15) is 13.2 Å². The van der Waals surface area contributed by atoms with E-state index in [-0.39, 0.29) is 0 Å². The number of aromatic nitrogens is 1. The van der Waals surface area contributed by atoms with Crippen LogP contribution in [0.4, 0.5) is 17.6 Å². The molecular formula is C8H6F4N2O2. The Morgan fingerprint density at radius 1 is 1.50 bits per heavy atom. The third-order valence-corrected chi connectivity index (χ3v) is 1.42. The van der Waals surface area contributed by atoms with Gasteiger partial charge in [0.05, 0.1) is 11.8 Å².